The van der Waals surface area contributed by atoms with Crippen LogP contribution in [-0.2, 0) is 4.79 Å². The summed E-state index contributed by atoms with van der Waals surface area (Å²) in [5, 5.41) is 2.03. The lowest BCUT2D eigenvalue weighted by molar-refractivity contribution is -0.120. The minimum absolute atomic E-state index is 0.246. The van der Waals surface area contributed by atoms with Crippen molar-refractivity contribution in [2.24, 2.45) is 0 Å². The lowest BCUT2D eigenvalue weighted by atomic mass is 10.1. The molecule has 122 valence electrons. The van der Waals surface area contributed by atoms with Crippen molar-refractivity contribution in [3.05, 3.63) is 59.7 Å². The van der Waals surface area contributed by atoms with E-state index in [1.165, 1.54) is 0 Å². The highest BCUT2D eigenvalue weighted by molar-refractivity contribution is 6.30. The van der Waals surface area contributed by atoms with Gasteiger partial charge in [-0.25, -0.2) is 0 Å². The van der Waals surface area contributed by atoms with Gasteiger partial charge in [-0.15, -0.1) is 11.6 Å². The molecule has 0 aromatic heterocycles. The average Bonchev–Trinajstić information content (AvgIpc) is 2.58. The van der Waals surface area contributed by atoms with Crippen molar-refractivity contribution in [1.29, 1.82) is 0 Å². The van der Waals surface area contributed by atoms with E-state index in [1.807, 2.05) is 31.2 Å². The molecule has 2 aromatic carbocycles. The Morgan fingerprint density at radius 1 is 1.17 bits per heavy atom. The number of ether oxygens (including phenoxy) is 2. The Bertz CT molecular complexity index is 643. The maximum atomic E-state index is 12.0. The fraction of sp³-hybridized carbons (Fsp3) is 0.278. The van der Waals surface area contributed by atoms with Crippen LogP contribution >= 0.6 is 11.6 Å². The van der Waals surface area contributed by atoms with Gasteiger partial charge in [0.05, 0.1) is 13.7 Å². The summed E-state index contributed by atoms with van der Waals surface area (Å²) in [6.07, 6.45) is 0. The van der Waals surface area contributed by atoms with Gasteiger partial charge in [0.1, 0.15) is 23.5 Å². The van der Waals surface area contributed by atoms with Crippen LogP contribution in [0.4, 0.5) is 0 Å². The molecule has 2 rings (SSSR count). The van der Waals surface area contributed by atoms with Gasteiger partial charge in [0.25, 0.3) is 0 Å². The Morgan fingerprint density at radius 2 is 1.91 bits per heavy atom. The smallest absolute Gasteiger partial charge is 0.242 e. The van der Waals surface area contributed by atoms with Gasteiger partial charge in [0.15, 0.2) is 0 Å². The number of benzene rings is 2. The summed E-state index contributed by atoms with van der Waals surface area (Å²) in [7, 11) is 1.59. The molecule has 0 spiro atoms. The van der Waals surface area contributed by atoms with E-state index in [9.17, 15) is 4.79 Å². The van der Waals surface area contributed by atoms with E-state index in [-0.39, 0.29) is 5.91 Å². The molecule has 1 N–H and O–H groups in total. The normalized spacial score (nSPS) is 11.6. The molecule has 0 bridgehead atoms. The number of halogens is 1. The number of carbonyl (C=O) groups is 1. The summed E-state index contributed by atoms with van der Waals surface area (Å²) in [6.45, 7) is 2.79. The van der Waals surface area contributed by atoms with Crippen LogP contribution < -0.4 is 14.8 Å². The van der Waals surface area contributed by atoms with Crippen molar-refractivity contribution in [3.8, 4) is 11.5 Å². The molecule has 23 heavy (non-hydrogen) atoms. The van der Waals surface area contributed by atoms with Crippen LogP contribution in [0.2, 0.25) is 0 Å². The molecule has 1 amide bonds. The second-order valence-corrected chi connectivity index (χ2v) is 5.53. The lowest BCUT2D eigenvalue weighted by Crippen LogP contribution is -2.30. The number of methoxy groups -OCH3 is 1. The number of rotatable bonds is 7. The first-order chi connectivity index (χ1) is 11.1. The number of nitrogens with one attached hydrogen (secondary N) is 1. The Labute approximate surface area is 141 Å². The predicted molar refractivity (Wildman–Crippen MR) is 91.3 cm³/mol. The third kappa shape index (κ3) is 5.18. The van der Waals surface area contributed by atoms with Gasteiger partial charge in [-0.1, -0.05) is 24.3 Å². The first-order valence-corrected chi connectivity index (χ1v) is 7.79. The monoisotopic (exact) mass is 333 g/mol. The van der Waals surface area contributed by atoms with Crippen LogP contribution in [-0.4, -0.2) is 26.2 Å². The van der Waals surface area contributed by atoms with Gasteiger partial charge < -0.3 is 14.8 Å². The van der Waals surface area contributed by atoms with Crippen molar-refractivity contribution in [1.82, 2.24) is 5.32 Å². The summed E-state index contributed by atoms with van der Waals surface area (Å²) in [5.41, 5.74) is 1.86. The van der Waals surface area contributed by atoms with Crippen LogP contribution in [0.3, 0.4) is 0 Å². The zero-order chi connectivity index (χ0) is 16.7. The van der Waals surface area contributed by atoms with Gasteiger partial charge in [0.2, 0.25) is 5.91 Å². The van der Waals surface area contributed by atoms with Crippen molar-refractivity contribution in [2.45, 2.75) is 12.3 Å². The molecule has 0 aliphatic rings. The van der Waals surface area contributed by atoms with E-state index in [2.05, 4.69) is 5.32 Å². The van der Waals surface area contributed by atoms with Crippen molar-refractivity contribution < 1.29 is 14.3 Å². The van der Waals surface area contributed by atoms with Gasteiger partial charge in [-0.05, 0) is 42.3 Å². The first-order valence-electron chi connectivity index (χ1n) is 7.35. The summed E-state index contributed by atoms with van der Waals surface area (Å²) in [5.74, 6) is 1.27. The summed E-state index contributed by atoms with van der Waals surface area (Å²) < 4.78 is 10.7. The highest BCUT2D eigenvalue weighted by atomic mass is 35.5. The van der Waals surface area contributed by atoms with E-state index >= 15 is 0 Å². The van der Waals surface area contributed by atoms with Crippen molar-refractivity contribution in [2.75, 3.05) is 20.3 Å². The Kier molecular flexibility index (Phi) is 6.29. The second kappa shape index (κ2) is 8.44. The maximum absolute atomic E-state index is 12.0. The molecule has 0 aliphatic heterocycles. The molecular formula is C18H20ClNO3. The number of carbonyl (C=O) groups excluding carboxylic acids is 1. The van der Waals surface area contributed by atoms with Gasteiger partial charge >= 0.3 is 0 Å². The molecule has 0 aliphatic carbocycles. The lowest BCUT2D eigenvalue weighted by Gasteiger charge is -2.12. The first kappa shape index (κ1) is 17.2. The zero-order valence-electron chi connectivity index (χ0n) is 13.2. The Hall–Kier alpha value is -2.20. The molecule has 1 atom stereocenters. The summed E-state index contributed by atoms with van der Waals surface area (Å²) in [4.78, 5) is 12.0. The van der Waals surface area contributed by atoms with Crippen LogP contribution in [0.5, 0.6) is 11.5 Å². The van der Waals surface area contributed by atoms with E-state index in [4.69, 9.17) is 21.1 Å². The zero-order valence-corrected chi connectivity index (χ0v) is 14.0. The van der Waals surface area contributed by atoms with E-state index in [0.29, 0.717) is 13.2 Å². The Morgan fingerprint density at radius 3 is 2.57 bits per heavy atom. The minimum atomic E-state index is -0.736. The maximum Gasteiger partial charge on any atom is 0.242 e. The third-order valence-corrected chi connectivity index (χ3v) is 3.75. The second-order valence-electron chi connectivity index (χ2n) is 5.09. The Balaban J connectivity index is 1.77. The van der Waals surface area contributed by atoms with Crippen LogP contribution in [0.25, 0.3) is 0 Å². The topological polar surface area (TPSA) is 47.6 Å². The molecule has 4 nitrogen and oxygen atoms in total. The number of alkyl halides is 1. The molecular weight excluding hydrogens is 314 g/mol. The minimum Gasteiger partial charge on any atom is -0.497 e. The SMILES string of the molecule is COc1ccc(C(Cl)C(=O)NCCOc2cccc(C)c2)cc1. The van der Waals surface area contributed by atoms with Crippen molar-refractivity contribution in [3.63, 3.8) is 0 Å². The van der Waals surface area contributed by atoms with Gasteiger partial charge in [-0.3, -0.25) is 4.79 Å². The van der Waals surface area contributed by atoms with E-state index in [0.717, 1.165) is 22.6 Å². The molecule has 0 radical (unpaired) electrons. The summed E-state index contributed by atoms with van der Waals surface area (Å²) in [6, 6.07) is 14.9. The number of hydrogen-bond donors (Lipinski definition) is 1. The quantitative estimate of drug-likeness (QED) is 0.623. The van der Waals surface area contributed by atoms with Crippen LogP contribution in [0, 0.1) is 6.92 Å². The van der Waals surface area contributed by atoms with Crippen molar-refractivity contribution >= 4 is 17.5 Å². The molecule has 1 unspecified atom stereocenters. The molecule has 0 fully saturated rings. The predicted octanol–water partition coefficient (Wildman–Crippen LogP) is 3.48. The van der Waals surface area contributed by atoms with E-state index in [1.54, 1.807) is 31.4 Å². The van der Waals surface area contributed by atoms with Crippen LogP contribution in [0.15, 0.2) is 48.5 Å². The largest absolute Gasteiger partial charge is 0.497 e. The molecule has 2 aromatic rings. The summed E-state index contributed by atoms with van der Waals surface area (Å²) >= 11 is 6.18. The number of hydrogen-bond acceptors (Lipinski definition) is 3. The molecule has 0 saturated heterocycles. The fourth-order valence-electron chi connectivity index (χ4n) is 2.06. The van der Waals surface area contributed by atoms with Gasteiger partial charge in [0, 0.05) is 0 Å². The van der Waals surface area contributed by atoms with Gasteiger partial charge in [-0.2, -0.15) is 0 Å². The highest BCUT2D eigenvalue weighted by Gasteiger charge is 2.17. The van der Waals surface area contributed by atoms with E-state index < -0.39 is 5.38 Å². The fourth-order valence-corrected chi connectivity index (χ4v) is 2.28. The number of amides is 1. The third-order valence-electron chi connectivity index (χ3n) is 3.30. The van der Waals surface area contributed by atoms with Crippen LogP contribution in [0.1, 0.15) is 16.5 Å². The average molecular weight is 334 g/mol. The number of aryl methyl sites for hydroxylation is 1. The molecule has 0 heterocycles. The standard InChI is InChI=1S/C18H20ClNO3/c1-13-4-3-5-16(12-13)23-11-10-20-18(21)17(19)14-6-8-15(22-2)9-7-14/h3-9,12,17H,10-11H2,1-2H3,(H,20,21). The molecule has 0 saturated carbocycles. The highest BCUT2D eigenvalue weighted by Crippen LogP contribution is 2.23. The molecule has 5 heteroatoms.